The molecule has 1 saturated heterocycles. The Morgan fingerprint density at radius 2 is 2.24 bits per heavy atom. The molecule has 1 N–H and O–H groups in total. The molecule has 1 aromatic heterocycles. The van der Waals surface area contributed by atoms with Gasteiger partial charge in [0.2, 0.25) is 6.41 Å². The zero-order chi connectivity index (χ0) is 12.1. The number of amides is 1. The highest BCUT2D eigenvalue weighted by atomic mass is 32.2. The van der Waals surface area contributed by atoms with E-state index >= 15 is 0 Å². The van der Waals surface area contributed by atoms with Crippen LogP contribution in [0.5, 0.6) is 0 Å². The van der Waals surface area contributed by atoms with Gasteiger partial charge >= 0.3 is 0 Å². The van der Waals surface area contributed by atoms with E-state index in [1.54, 1.807) is 6.07 Å². The smallest absolute Gasteiger partial charge is 0.279 e. The lowest BCUT2D eigenvalue weighted by molar-refractivity contribution is 0.262. The molecule has 6 nitrogen and oxygen atoms in total. The molecule has 7 heteroatoms. The van der Waals surface area contributed by atoms with Crippen LogP contribution in [0.1, 0.15) is 0 Å². The van der Waals surface area contributed by atoms with Gasteiger partial charge in [0, 0.05) is 12.3 Å². The lowest BCUT2D eigenvalue weighted by Gasteiger charge is -1.86. The molecule has 0 bridgehead atoms. The SMILES string of the molecule is O=C1NCCS1.O=Cn1nnc2ccccc21. The van der Waals surface area contributed by atoms with Crippen LogP contribution in [0.3, 0.4) is 0 Å². The van der Waals surface area contributed by atoms with Gasteiger partial charge < -0.3 is 5.32 Å². The summed E-state index contributed by atoms with van der Waals surface area (Å²) in [6, 6.07) is 7.30. The number of nitrogens with one attached hydrogen (secondary N) is 1. The van der Waals surface area contributed by atoms with Crippen LogP contribution < -0.4 is 5.32 Å². The van der Waals surface area contributed by atoms with Gasteiger partial charge in [-0.05, 0) is 12.1 Å². The zero-order valence-electron chi connectivity index (χ0n) is 8.87. The fourth-order valence-electron chi connectivity index (χ4n) is 1.31. The van der Waals surface area contributed by atoms with Crippen LogP contribution in [0.4, 0.5) is 4.79 Å². The van der Waals surface area contributed by atoms with Crippen molar-refractivity contribution in [2.45, 2.75) is 0 Å². The van der Waals surface area contributed by atoms with Crippen LogP contribution in [-0.2, 0) is 4.79 Å². The Kier molecular flexibility index (Phi) is 3.71. The summed E-state index contributed by atoms with van der Waals surface area (Å²) >= 11 is 1.35. The summed E-state index contributed by atoms with van der Waals surface area (Å²) in [5, 5.41) is 10.1. The number of nitrogens with zero attached hydrogens (tertiary/aromatic N) is 3. The van der Waals surface area contributed by atoms with Crippen molar-refractivity contribution in [1.82, 2.24) is 20.3 Å². The van der Waals surface area contributed by atoms with E-state index in [0.717, 1.165) is 23.3 Å². The molecule has 1 amide bonds. The molecular formula is C10H10N4O2S. The predicted octanol–water partition coefficient (Wildman–Crippen LogP) is 0.912. The molecule has 0 radical (unpaired) electrons. The molecule has 88 valence electrons. The van der Waals surface area contributed by atoms with Gasteiger partial charge in [-0.1, -0.05) is 29.1 Å². The number of benzene rings is 1. The van der Waals surface area contributed by atoms with Crippen LogP contribution >= 0.6 is 11.8 Å². The average Bonchev–Trinajstić information content (AvgIpc) is 2.98. The van der Waals surface area contributed by atoms with E-state index in [1.807, 2.05) is 18.2 Å². The molecule has 1 aromatic carbocycles. The summed E-state index contributed by atoms with van der Waals surface area (Å²) in [7, 11) is 0. The number of hydrogen-bond acceptors (Lipinski definition) is 5. The molecule has 1 aliphatic heterocycles. The van der Waals surface area contributed by atoms with Gasteiger partial charge in [0.15, 0.2) is 0 Å². The van der Waals surface area contributed by atoms with Gasteiger partial charge in [0.05, 0.1) is 5.52 Å². The van der Waals surface area contributed by atoms with Crippen LogP contribution in [0.25, 0.3) is 11.0 Å². The summed E-state index contributed by atoms with van der Waals surface area (Å²) < 4.78 is 1.20. The minimum absolute atomic E-state index is 0.120. The highest BCUT2D eigenvalue weighted by molar-refractivity contribution is 8.13. The van der Waals surface area contributed by atoms with E-state index in [2.05, 4.69) is 15.6 Å². The van der Waals surface area contributed by atoms with Gasteiger partial charge in [-0.3, -0.25) is 9.59 Å². The third-order valence-electron chi connectivity index (χ3n) is 2.08. The molecule has 0 atom stereocenters. The topological polar surface area (TPSA) is 76.9 Å². The fourth-order valence-corrected chi connectivity index (χ4v) is 1.91. The van der Waals surface area contributed by atoms with E-state index < -0.39 is 0 Å². The van der Waals surface area contributed by atoms with Gasteiger partial charge in [0.25, 0.3) is 5.24 Å². The van der Waals surface area contributed by atoms with Crippen LogP contribution in [-0.4, -0.2) is 38.9 Å². The molecule has 2 heterocycles. The van der Waals surface area contributed by atoms with Crippen molar-refractivity contribution in [3.63, 3.8) is 0 Å². The van der Waals surface area contributed by atoms with Crippen LogP contribution in [0.15, 0.2) is 24.3 Å². The molecule has 1 aliphatic rings. The second-order valence-electron chi connectivity index (χ2n) is 3.19. The first-order valence-electron chi connectivity index (χ1n) is 4.97. The third kappa shape index (κ3) is 2.82. The Morgan fingerprint density at radius 3 is 2.82 bits per heavy atom. The normalized spacial score (nSPS) is 14.0. The summed E-state index contributed by atoms with van der Waals surface area (Å²) in [4.78, 5) is 20.4. The second kappa shape index (κ2) is 5.44. The minimum Gasteiger partial charge on any atom is -0.346 e. The van der Waals surface area contributed by atoms with Crippen LogP contribution in [0.2, 0.25) is 0 Å². The standard InChI is InChI=1S/C7H5N3O.C3H5NOS/c11-5-10-7-4-2-1-3-6(7)8-9-10;5-3-4-1-2-6-3/h1-5H;1-2H2,(H,4,5). The minimum atomic E-state index is 0.120. The van der Waals surface area contributed by atoms with E-state index in [1.165, 1.54) is 16.4 Å². The lowest BCUT2D eigenvalue weighted by atomic mass is 10.3. The largest absolute Gasteiger partial charge is 0.346 e. The number of carbonyl (C=O) groups is 2. The van der Waals surface area contributed by atoms with Crippen molar-refractivity contribution in [3.8, 4) is 0 Å². The van der Waals surface area contributed by atoms with Gasteiger partial charge in [-0.15, -0.1) is 5.10 Å². The molecule has 3 rings (SSSR count). The number of thioether (sulfide) groups is 1. The quantitative estimate of drug-likeness (QED) is 0.761. The average molecular weight is 250 g/mol. The molecule has 2 aromatic rings. The zero-order valence-corrected chi connectivity index (χ0v) is 9.68. The van der Waals surface area contributed by atoms with E-state index in [0.29, 0.717) is 6.41 Å². The molecule has 0 aliphatic carbocycles. The fraction of sp³-hybridized carbons (Fsp3) is 0.200. The predicted molar refractivity (Wildman–Crippen MR) is 65.5 cm³/mol. The molecule has 0 spiro atoms. The number of aromatic nitrogens is 3. The first-order valence-corrected chi connectivity index (χ1v) is 5.95. The number of fused-ring (bicyclic) bond motifs is 1. The van der Waals surface area contributed by atoms with Crippen molar-refractivity contribution in [3.05, 3.63) is 24.3 Å². The van der Waals surface area contributed by atoms with Crippen molar-refractivity contribution >= 4 is 34.4 Å². The van der Waals surface area contributed by atoms with Crippen molar-refractivity contribution in [2.75, 3.05) is 12.3 Å². The maximum Gasteiger partial charge on any atom is 0.279 e. The number of hydrogen-bond donors (Lipinski definition) is 1. The third-order valence-corrected chi connectivity index (χ3v) is 2.90. The number of rotatable bonds is 1. The van der Waals surface area contributed by atoms with Gasteiger partial charge in [-0.25, -0.2) is 0 Å². The monoisotopic (exact) mass is 250 g/mol. The van der Waals surface area contributed by atoms with Crippen LogP contribution in [0, 0.1) is 0 Å². The Morgan fingerprint density at radius 1 is 1.41 bits per heavy atom. The lowest BCUT2D eigenvalue weighted by Crippen LogP contribution is -2.10. The molecule has 0 saturated carbocycles. The highest BCUT2D eigenvalue weighted by Gasteiger charge is 2.06. The summed E-state index contributed by atoms with van der Waals surface area (Å²) in [5.74, 6) is 0.943. The van der Waals surface area contributed by atoms with Gasteiger partial charge in [0.1, 0.15) is 5.52 Å². The van der Waals surface area contributed by atoms with Crippen molar-refractivity contribution in [1.29, 1.82) is 0 Å². The first-order chi connectivity index (χ1) is 8.31. The van der Waals surface area contributed by atoms with Crippen molar-refractivity contribution < 1.29 is 9.59 Å². The molecular weight excluding hydrogens is 240 g/mol. The maximum absolute atomic E-state index is 10.3. The van der Waals surface area contributed by atoms with E-state index in [9.17, 15) is 9.59 Å². The van der Waals surface area contributed by atoms with E-state index in [4.69, 9.17) is 0 Å². The summed E-state index contributed by atoms with van der Waals surface area (Å²) in [6.07, 6.45) is 0.634. The highest BCUT2D eigenvalue weighted by Crippen LogP contribution is 2.07. The Hall–Kier alpha value is -1.89. The van der Waals surface area contributed by atoms with Crippen molar-refractivity contribution in [2.24, 2.45) is 0 Å². The second-order valence-corrected chi connectivity index (χ2v) is 4.26. The Labute approximate surface area is 101 Å². The summed E-state index contributed by atoms with van der Waals surface area (Å²) in [6.45, 7) is 0.851. The molecule has 17 heavy (non-hydrogen) atoms. The van der Waals surface area contributed by atoms with Gasteiger partial charge in [-0.2, -0.15) is 4.68 Å². The Bertz CT molecular complexity index is 532. The summed E-state index contributed by atoms with van der Waals surface area (Å²) in [5.41, 5.74) is 1.47. The molecule has 0 unspecified atom stereocenters. The number of para-hydroxylation sites is 1. The molecule has 1 fully saturated rings. The Balaban J connectivity index is 0.000000153. The number of carbonyl (C=O) groups excluding carboxylic acids is 2. The first kappa shape index (κ1) is 11.6. The van der Waals surface area contributed by atoms with E-state index in [-0.39, 0.29) is 5.24 Å². The maximum atomic E-state index is 10.3.